The summed E-state index contributed by atoms with van der Waals surface area (Å²) in [6.07, 6.45) is 4.22. The Balaban J connectivity index is 1.92. The second-order valence-electron chi connectivity index (χ2n) is 18.7. The number of nitrogens with zero attached hydrogens (tertiary/aromatic N) is 3. The van der Waals surface area contributed by atoms with Gasteiger partial charge in [0, 0.05) is 49.7 Å². The van der Waals surface area contributed by atoms with E-state index < -0.39 is 62.2 Å². The molecule has 0 bridgehead atoms. The normalized spacial score (nSPS) is 17.2. The lowest BCUT2D eigenvalue weighted by Gasteiger charge is -2.39. The molecule has 5 N–H and O–H groups in total. The lowest BCUT2D eigenvalue weighted by molar-refractivity contribution is -0.160. The summed E-state index contributed by atoms with van der Waals surface area (Å²) in [5.74, 6) is -3.31. The molecule has 2 aromatic rings. The van der Waals surface area contributed by atoms with Gasteiger partial charge in [-0.15, -0.1) is 11.3 Å². The molecule has 2 heterocycles. The van der Waals surface area contributed by atoms with Crippen LogP contribution >= 0.6 is 11.3 Å². The Labute approximate surface area is 391 Å². The molecule has 4 amide bonds. The summed E-state index contributed by atoms with van der Waals surface area (Å²) < 4.78 is 11.6. The maximum absolute atomic E-state index is 14.9. The topological polar surface area (TPSA) is 217 Å². The van der Waals surface area contributed by atoms with Crippen molar-refractivity contribution >= 4 is 55.2 Å². The smallest absolute Gasteiger partial charge is 0.307 e. The maximum atomic E-state index is 14.9. The third-order valence-corrected chi connectivity index (χ3v) is 14.5. The van der Waals surface area contributed by atoms with Crippen LogP contribution in [0.4, 0.5) is 0 Å². The van der Waals surface area contributed by atoms with Gasteiger partial charge in [-0.2, -0.15) is 0 Å². The first-order valence-corrected chi connectivity index (χ1v) is 27.3. The third-order valence-electron chi connectivity index (χ3n) is 12.0. The maximum Gasteiger partial charge on any atom is 0.307 e. The highest BCUT2D eigenvalue weighted by Crippen LogP contribution is 2.32. The van der Waals surface area contributed by atoms with Crippen LogP contribution in [0.2, 0.25) is 19.1 Å². The highest BCUT2D eigenvalue weighted by atomic mass is 32.1. The average molecular weight is 945 g/mol. The number of carbonyl (C=O) groups is 6. The average Bonchev–Trinajstić information content (AvgIpc) is 3.74. The standard InChI is InChI=1S/C47H76N6O10SSi/c1-11-16-41(56)62-29-53(47(60)42(31(5)12-2)51-45(59)38-17-13-14-23-52(38)8)39(30(3)4)27-40(63-33(7)54)46-50-37(28-64-46)44(58)49-35(26-34-18-20-36(55)21-19-34)25-32(6)43(57)48-22-15-24-65(9,10)61/h18-21,28,30-32,35,38-40,42,55,61H,11-17,22-27,29H2,1-10H3,(H,48,57)(H,49,58)(H,51,59)/t31-,32+,35-,38-,39-,40-,42+/m0/s1. The van der Waals surface area contributed by atoms with Crippen LogP contribution in [0.1, 0.15) is 133 Å². The number of amides is 4. The molecule has 65 heavy (non-hydrogen) atoms. The number of esters is 2. The van der Waals surface area contributed by atoms with Crippen molar-refractivity contribution in [3.63, 3.8) is 0 Å². The summed E-state index contributed by atoms with van der Waals surface area (Å²) in [5, 5.41) is 20.8. The molecule has 0 spiro atoms. The number of likely N-dealkylation sites (tertiary alicyclic amines) is 1. The number of phenols is 1. The fourth-order valence-electron chi connectivity index (χ4n) is 7.99. The Bertz CT molecular complexity index is 1860. The molecule has 0 unspecified atom stereocenters. The predicted octanol–water partition coefficient (Wildman–Crippen LogP) is 6.08. The molecule has 1 fully saturated rings. The van der Waals surface area contributed by atoms with Crippen LogP contribution in [-0.4, -0.2) is 120 Å². The monoisotopic (exact) mass is 945 g/mol. The number of aromatic nitrogens is 1. The molecule has 1 aromatic heterocycles. The number of aromatic hydroxyl groups is 1. The fraction of sp³-hybridized carbons (Fsp3) is 0.681. The van der Waals surface area contributed by atoms with Crippen LogP contribution < -0.4 is 16.0 Å². The summed E-state index contributed by atoms with van der Waals surface area (Å²) in [6.45, 7) is 17.1. The molecule has 0 radical (unpaired) electrons. The van der Waals surface area contributed by atoms with Crippen molar-refractivity contribution in [2.45, 2.75) is 162 Å². The number of hydrogen-bond donors (Lipinski definition) is 5. The second kappa shape index (κ2) is 26.7. The Morgan fingerprint density at radius 3 is 2.31 bits per heavy atom. The number of rotatable bonds is 26. The number of likely N-dealkylation sites (N-methyl/N-ethyl adjacent to an activating group) is 1. The van der Waals surface area contributed by atoms with Crippen LogP contribution in [0.15, 0.2) is 29.6 Å². The van der Waals surface area contributed by atoms with Crippen molar-refractivity contribution in [1.82, 2.24) is 30.7 Å². The van der Waals surface area contributed by atoms with Gasteiger partial charge in [0.05, 0.1) is 6.04 Å². The molecule has 7 atom stereocenters. The van der Waals surface area contributed by atoms with E-state index in [9.17, 15) is 38.7 Å². The van der Waals surface area contributed by atoms with E-state index in [0.29, 0.717) is 56.1 Å². The van der Waals surface area contributed by atoms with Crippen molar-refractivity contribution in [3.05, 3.63) is 45.9 Å². The number of carbonyl (C=O) groups excluding carboxylic acids is 6. The zero-order valence-electron chi connectivity index (χ0n) is 40.3. The van der Waals surface area contributed by atoms with Crippen LogP contribution in [0.3, 0.4) is 0 Å². The molecule has 1 aliphatic heterocycles. The first-order chi connectivity index (χ1) is 30.6. The quantitative estimate of drug-likeness (QED) is 0.0314. The van der Waals surface area contributed by atoms with Crippen molar-refractivity contribution in [3.8, 4) is 5.75 Å². The molecule has 3 rings (SSSR count). The van der Waals surface area contributed by atoms with Gasteiger partial charge < -0.3 is 40.2 Å². The number of phenolic OH excluding ortho intramolecular Hbond substituents is 1. The minimum absolute atomic E-state index is 0.0452. The van der Waals surface area contributed by atoms with E-state index in [0.717, 1.165) is 36.3 Å². The van der Waals surface area contributed by atoms with Crippen LogP contribution in [-0.2, 0) is 39.9 Å². The first kappa shape index (κ1) is 54.9. The molecule has 1 saturated heterocycles. The number of benzene rings is 1. The minimum Gasteiger partial charge on any atom is -0.508 e. The van der Waals surface area contributed by atoms with Crippen molar-refractivity contribution in [1.29, 1.82) is 0 Å². The zero-order chi connectivity index (χ0) is 48.4. The van der Waals surface area contributed by atoms with Crippen molar-refractivity contribution in [2.24, 2.45) is 17.8 Å². The van der Waals surface area contributed by atoms with E-state index in [2.05, 4.69) is 20.9 Å². The summed E-state index contributed by atoms with van der Waals surface area (Å²) in [5.41, 5.74) is 0.904. The number of thiazole rings is 1. The summed E-state index contributed by atoms with van der Waals surface area (Å²) in [4.78, 5) is 99.5. The number of hydrogen-bond acceptors (Lipinski definition) is 13. The van der Waals surface area contributed by atoms with Crippen LogP contribution in [0, 0.1) is 17.8 Å². The highest BCUT2D eigenvalue weighted by molar-refractivity contribution is 7.09. The molecule has 364 valence electrons. The van der Waals surface area contributed by atoms with Gasteiger partial charge in [-0.25, -0.2) is 4.98 Å². The summed E-state index contributed by atoms with van der Waals surface area (Å²) >= 11 is 1.12. The number of piperidine rings is 1. The lowest BCUT2D eigenvalue weighted by atomic mass is 9.92. The van der Waals surface area contributed by atoms with Crippen molar-refractivity contribution < 1.29 is 48.1 Å². The number of nitrogens with one attached hydrogen (secondary N) is 3. The van der Waals surface area contributed by atoms with Gasteiger partial charge >= 0.3 is 11.9 Å². The van der Waals surface area contributed by atoms with Crippen LogP contribution in [0.5, 0.6) is 5.75 Å². The fourth-order valence-corrected chi connectivity index (χ4v) is 9.87. The van der Waals surface area contributed by atoms with Gasteiger partial charge in [-0.05, 0) is 101 Å². The first-order valence-electron chi connectivity index (χ1n) is 23.3. The van der Waals surface area contributed by atoms with E-state index >= 15 is 0 Å². The van der Waals surface area contributed by atoms with E-state index in [1.54, 1.807) is 36.6 Å². The van der Waals surface area contributed by atoms with Gasteiger partial charge in [-0.3, -0.25) is 33.7 Å². The van der Waals surface area contributed by atoms with Gasteiger partial charge in [-0.1, -0.05) is 66.5 Å². The van der Waals surface area contributed by atoms with Gasteiger partial charge in [0.2, 0.25) is 17.7 Å². The molecule has 1 aliphatic rings. The molecule has 16 nitrogen and oxygen atoms in total. The molecular formula is C47H76N6O10SSi. The Morgan fingerprint density at radius 1 is 1.02 bits per heavy atom. The second-order valence-corrected chi connectivity index (χ2v) is 23.7. The third kappa shape index (κ3) is 18.4. The van der Waals surface area contributed by atoms with E-state index in [1.165, 1.54) is 11.8 Å². The van der Waals surface area contributed by atoms with E-state index in [-0.39, 0.29) is 60.7 Å². The minimum atomic E-state index is -2.24. The Morgan fingerprint density at radius 2 is 1.71 bits per heavy atom. The highest BCUT2D eigenvalue weighted by Gasteiger charge is 2.39. The molecule has 18 heteroatoms. The Hall–Kier alpha value is -4.39. The van der Waals surface area contributed by atoms with Crippen molar-refractivity contribution in [2.75, 3.05) is 26.9 Å². The molecule has 0 saturated carbocycles. The van der Waals surface area contributed by atoms with Gasteiger partial charge in [0.25, 0.3) is 5.91 Å². The summed E-state index contributed by atoms with van der Waals surface area (Å²) in [6, 6.07) is 4.79. The largest absolute Gasteiger partial charge is 0.508 e. The lowest BCUT2D eigenvalue weighted by Crippen LogP contribution is -2.59. The Kier molecular flexibility index (Phi) is 22.5. The zero-order valence-corrected chi connectivity index (χ0v) is 42.1. The molecule has 1 aromatic carbocycles. The molecular weight excluding hydrogens is 869 g/mol. The van der Waals surface area contributed by atoms with Gasteiger partial charge in [0.15, 0.2) is 21.2 Å². The van der Waals surface area contributed by atoms with Crippen LogP contribution in [0.25, 0.3) is 0 Å². The predicted molar refractivity (Wildman–Crippen MR) is 253 cm³/mol. The van der Waals surface area contributed by atoms with E-state index in [4.69, 9.17) is 9.47 Å². The SMILES string of the molecule is CCCC(=O)OCN(C(=O)[C@H](NC(=O)[C@@H]1CCCCN1C)[C@@H](C)CC)[C@@H](C[C@H](OC(C)=O)c1nc(C(=O)N[C@H](Cc2ccc(O)cc2)C[C@@H](C)C(=O)NCCC[Si](C)(C)O)cs1)C(C)C. The van der Waals surface area contributed by atoms with E-state index in [1.807, 2.05) is 59.7 Å². The summed E-state index contributed by atoms with van der Waals surface area (Å²) in [7, 11) is -0.335. The number of ether oxygens (including phenoxy) is 2. The molecule has 0 aliphatic carbocycles. The van der Waals surface area contributed by atoms with Gasteiger partial charge in [0.1, 0.15) is 22.5 Å².